The monoisotopic (exact) mass is 337 g/mol. The van der Waals surface area contributed by atoms with Gasteiger partial charge in [0.15, 0.2) is 11.5 Å². The van der Waals surface area contributed by atoms with E-state index in [1.165, 1.54) is 0 Å². The molecule has 0 radical (unpaired) electrons. The van der Waals surface area contributed by atoms with E-state index in [9.17, 15) is 14.7 Å². The second-order valence-electron chi connectivity index (χ2n) is 6.75. The summed E-state index contributed by atoms with van der Waals surface area (Å²) < 4.78 is 0. The van der Waals surface area contributed by atoms with Crippen LogP contribution >= 0.6 is 0 Å². The lowest BCUT2D eigenvalue weighted by Gasteiger charge is -2.28. The Morgan fingerprint density at radius 2 is 1.84 bits per heavy atom. The molecule has 1 aliphatic rings. The van der Waals surface area contributed by atoms with Crippen molar-refractivity contribution >= 4 is 22.5 Å². The highest BCUT2D eigenvalue weighted by Gasteiger charge is 2.43. The Bertz CT molecular complexity index is 861. The number of carbonyl (C=O) groups excluding carboxylic acids is 2. The molecular formula is C21H23NO3. The maximum atomic E-state index is 12.8. The molecule has 130 valence electrons. The number of benzene rings is 2. The van der Waals surface area contributed by atoms with Gasteiger partial charge in [-0.2, -0.15) is 0 Å². The Labute approximate surface area is 147 Å². The molecule has 4 heteroatoms. The molecule has 0 saturated heterocycles. The fourth-order valence-corrected chi connectivity index (χ4v) is 3.50. The summed E-state index contributed by atoms with van der Waals surface area (Å²) in [5.41, 5.74) is 1.11. The lowest BCUT2D eigenvalue weighted by Crippen LogP contribution is -2.32. The summed E-state index contributed by atoms with van der Waals surface area (Å²) >= 11 is 0. The van der Waals surface area contributed by atoms with Gasteiger partial charge in [0.25, 0.3) is 5.91 Å². The number of aliphatic hydroxyl groups is 1. The molecule has 2 aromatic carbocycles. The van der Waals surface area contributed by atoms with E-state index >= 15 is 0 Å². The number of carbonyl (C=O) groups is 2. The van der Waals surface area contributed by atoms with Crippen LogP contribution in [0.5, 0.6) is 0 Å². The summed E-state index contributed by atoms with van der Waals surface area (Å²) in [6.45, 7) is 6.05. The van der Waals surface area contributed by atoms with Crippen molar-refractivity contribution in [3.8, 4) is 0 Å². The van der Waals surface area contributed by atoms with E-state index in [4.69, 9.17) is 0 Å². The van der Waals surface area contributed by atoms with E-state index in [0.717, 1.165) is 22.8 Å². The number of hydrogen-bond donors (Lipinski definition) is 1. The predicted molar refractivity (Wildman–Crippen MR) is 98.2 cm³/mol. The second kappa shape index (κ2) is 6.71. The molecule has 4 nitrogen and oxygen atoms in total. The Hall–Kier alpha value is -2.62. The van der Waals surface area contributed by atoms with Crippen LogP contribution in [-0.2, 0) is 9.59 Å². The van der Waals surface area contributed by atoms with E-state index in [1.54, 1.807) is 18.7 Å². The van der Waals surface area contributed by atoms with Gasteiger partial charge in [-0.1, -0.05) is 63.2 Å². The number of ketones is 1. The SMILES string of the molecule is CCCN1C(=O)C(O)=C(C(=O)C(C)C)C1c1cccc2ccccc12. The molecular weight excluding hydrogens is 314 g/mol. The summed E-state index contributed by atoms with van der Waals surface area (Å²) in [5.74, 6) is -1.32. The molecule has 1 atom stereocenters. The van der Waals surface area contributed by atoms with Crippen LogP contribution in [0.15, 0.2) is 53.8 Å². The van der Waals surface area contributed by atoms with Gasteiger partial charge in [0.1, 0.15) is 0 Å². The number of nitrogens with zero attached hydrogens (tertiary/aromatic N) is 1. The summed E-state index contributed by atoms with van der Waals surface area (Å²) in [5, 5.41) is 12.5. The Morgan fingerprint density at radius 3 is 2.52 bits per heavy atom. The maximum absolute atomic E-state index is 12.8. The molecule has 0 saturated carbocycles. The van der Waals surface area contributed by atoms with Crippen LogP contribution in [-0.4, -0.2) is 28.2 Å². The third-order valence-electron chi connectivity index (χ3n) is 4.68. The maximum Gasteiger partial charge on any atom is 0.290 e. The Kier molecular flexibility index (Phi) is 4.62. The molecule has 1 unspecified atom stereocenters. The van der Waals surface area contributed by atoms with Gasteiger partial charge >= 0.3 is 0 Å². The van der Waals surface area contributed by atoms with Crippen LogP contribution < -0.4 is 0 Å². The van der Waals surface area contributed by atoms with Gasteiger partial charge in [0, 0.05) is 12.5 Å². The number of fused-ring (bicyclic) bond motifs is 1. The van der Waals surface area contributed by atoms with Gasteiger partial charge in [0.2, 0.25) is 0 Å². The largest absolute Gasteiger partial charge is 0.503 e. The van der Waals surface area contributed by atoms with Gasteiger partial charge in [-0.3, -0.25) is 9.59 Å². The quantitative estimate of drug-likeness (QED) is 0.891. The van der Waals surface area contributed by atoms with Crippen LogP contribution in [0.25, 0.3) is 10.8 Å². The highest BCUT2D eigenvalue weighted by Crippen LogP contribution is 2.41. The minimum Gasteiger partial charge on any atom is -0.503 e. The molecule has 1 N–H and O–H groups in total. The molecule has 0 spiro atoms. The number of Topliss-reactive ketones (excluding diaryl/α,β-unsaturated/α-hetero) is 1. The van der Waals surface area contributed by atoms with Gasteiger partial charge in [-0.25, -0.2) is 0 Å². The molecule has 2 aromatic rings. The van der Waals surface area contributed by atoms with Gasteiger partial charge in [0.05, 0.1) is 11.6 Å². The smallest absolute Gasteiger partial charge is 0.290 e. The molecule has 0 aliphatic carbocycles. The molecule has 25 heavy (non-hydrogen) atoms. The Morgan fingerprint density at radius 1 is 1.16 bits per heavy atom. The first kappa shape index (κ1) is 17.2. The van der Waals surface area contributed by atoms with Crippen molar-refractivity contribution in [2.45, 2.75) is 33.2 Å². The van der Waals surface area contributed by atoms with Crippen molar-refractivity contribution in [3.63, 3.8) is 0 Å². The van der Waals surface area contributed by atoms with Crippen molar-refractivity contribution in [1.82, 2.24) is 4.90 Å². The molecule has 0 aromatic heterocycles. The number of amides is 1. The zero-order valence-corrected chi connectivity index (χ0v) is 14.8. The van der Waals surface area contributed by atoms with Crippen LogP contribution in [0, 0.1) is 5.92 Å². The second-order valence-corrected chi connectivity index (χ2v) is 6.75. The predicted octanol–water partition coefficient (Wildman–Crippen LogP) is 4.17. The van der Waals surface area contributed by atoms with E-state index in [1.807, 2.05) is 49.4 Å². The zero-order valence-electron chi connectivity index (χ0n) is 14.8. The molecule has 1 amide bonds. The summed E-state index contributed by atoms with van der Waals surface area (Å²) in [6, 6.07) is 13.2. The first-order chi connectivity index (χ1) is 12.0. The zero-order chi connectivity index (χ0) is 18.1. The average Bonchev–Trinajstić information content (AvgIpc) is 2.85. The van der Waals surface area contributed by atoms with E-state index in [-0.39, 0.29) is 17.3 Å². The number of rotatable bonds is 5. The van der Waals surface area contributed by atoms with Crippen molar-refractivity contribution in [1.29, 1.82) is 0 Å². The summed E-state index contributed by atoms with van der Waals surface area (Å²) in [6.07, 6.45) is 0.753. The highest BCUT2D eigenvalue weighted by atomic mass is 16.3. The van der Waals surface area contributed by atoms with Crippen LogP contribution in [0.1, 0.15) is 38.8 Å². The van der Waals surface area contributed by atoms with Gasteiger partial charge in [-0.05, 0) is 22.8 Å². The summed E-state index contributed by atoms with van der Waals surface area (Å²) in [4.78, 5) is 27.0. The van der Waals surface area contributed by atoms with Crippen molar-refractivity contribution in [2.24, 2.45) is 5.92 Å². The molecule has 0 fully saturated rings. The van der Waals surface area contributed by atoms with E-state index in [0.29, 0.717) is 6.54 Å². The van der Waals surface area contributed by atoms with E-state index in [2.05, 4.69) is 0 Å². The van der Waals surface area contributed by atoms with Crippen molar-refractivity contribution < 1.29 is 14.7 Å². The van der Waals surface area contributed by atoms with Crippen molar-refractivity contribution in [3.05, 3.63) is 59.4 Å². The lowest BCUT2D eigenvalue weighted by molar-refractivity contribution is -0.129. The van der Waals surface area contributed by atoms with Crippen LogP contribution in [0.3, 0.4) is 0 Å². The first-order valence-corrected chi connectivity index (χ1v) is 8.73. The van der Waals surface area contributed by atoms with Crippen LogP contribution in [0.4, 0.5) is 0 Å². The van der Waals surface area contributed by atoms with Crippen molar-refractivity contribution in [2.75, 3.05) is 6.54 Å². The third kappa shape index (κ3) is 2.82. The van der Waals surface area contributed by atoms with Gasteiger partial charge < -0.3 is 10.0 Å². The number of aliphatic hydroxyl groups excluding tert-OH is 1. The summed E-state index contributed by atoms with van der Waals surface area (Å²) in [7, 11) is 0. The third-order valence-corrected chi connectivity index (χ3v) is 4.68. The molecule has 3 rings (SSSR count). The van der Waals surface area contributed by atoms with Crippen LogP contribution in [0.2, 0.25) is 0 Å². The minimum atomic E-state index is -0.534. The standard InChI is InChI=1S/C21H23NO3/c1-4-12-22-18(17(19(23)13(2)3)20(24)21(22)25)16-11-7-9-14-8-5-6-10-15(14)16/h5-11,13,18,24H,4,12H2,1-3H3. The highest BCUT2D eigenvalue weighted by molar-refractivity contribution is 6.10. The normalized spacial score (nSPS) is 17.8. The fraction of sp³-hybridized carbons (Fsp3) is 0.333. The average molecular weight is 337 g/mol. The first-order valence-electron chi connectivity index (χ1n) is 8.73. The molecule has 0 bridgehead atoms. The number of hydrogen-bond acceptors (Lipinski definition) is 3. The fourth-order valence-electron chi connectivity index (χ4n) is 3.50. The lowest BCUT2D eigenvalue weighted by atomic mass is 9.89. The molecule has 1 aliphatic heterocycles. The molecule has 1 heterocycles. The topological polar surface area (TPSA) is 57.6 Å². The van der Waals surface area contributed by atoms with Gasteiger partial charge in [-0.15, -0.1) is 0 Å². The van der Waals surface area contributed by atoms with E-state index < -0.39 is 17.7 Å². The Balaban J connectivity index is 2.24. The minimum absolute atomic E-state index is 0.178.